The van der Waals surface area contributed by atoms with Gasteiger partial charge in [-0.25, -0.2) is 18.4 Å². The molecular formula is C23H25N3O4S. The van der Waals surface area contributed by atoms with Crippen molar-refractivity contribution in [2.45, 2.75) is 19.8 Å². The quantitative estimate of drug-likeness (QED) is 0.463. The number of aliphatic hydroxyl groups excluding tert-OH is 1. The van der Waals surface area contributed by atoms with Gasteiger partial charge in [-0.15, -0.1) is 0 Å². The summed E-state index contributed by atoms with van der Waals surface area (Å²) in [6.07, 6.45) is 4.03. The number of ether oxygens (including phenoxy) is 1. The van der Waals surface area contributed by atoms with Crippen molar-refractivity contribution in [1.82, 2.24) is 9.97 Å². The number of aromatic nitrogens is 2. The van der Waals surface area contributed by atoms with Gasteiger partial charge in [-0.05, 0) is 37.0 Å². The highest BCUT2D eigenvalue weighted by molar-refractivity contribution is 7.95. The van der Waals surface area contributed by atoms with E-state index in [-0.39, 0.29) is 18.3 Å². The maximum absolute atomic E-state index is 12.7. The summed E-state index contributed by atoms with van der Waals surface area (Å²) in [4.78, 5) is 8.38. The van der Waals surface area contributed by atoms with Crippen LogP contribution in [0.3, 0.4) is 0 Å². The van der Waals surface area contributed by atoms with Crippen LogP contribution in [0.1, 0.15) is 24.0 Å². The Bertz CT molecular complexity index is 1120. The van der Waals surface area contributed by atoms with E-state index in [1.165, 1.54) is 12.4 Å². The zero-order chi connectivity index (χ0) is 22.1. The second-order valence-electron chi connectivity index (χ2n) is 6.91. The van der Waals surface area contributed by atoms with Crippen LogP contribution in [0.5, 0.6) is 5.88 Å². The normalized spacial score (nSPS) is 11.5. The molecule has 7 nitrogen and oxygen atoms in total. The third-order valence-corrected chi connectivity index (χ3v) is 5.39. The number of unbranched alkanes of at least 4 members (excludes halogenated alkanes) is 1. The number of benzene rings is 2. The predicted molar refractivity (Wildman–Crippen MR) is 122 cm³/mol. The molecule has 0 unspecified atom stereocenters. The molecule has 2 N–H and O–H groups in total. The van der Waals surface area contributed by atoms with Crippen molar-refractivity contribution in [3.8, 4) is 17.0 Å². The van der Waals surface area contributed by atoms with Crippen molar-refractivity contribution in [3.63, 3.8) is 0 Å². The first kappa shape index (κ1) is 22.5. The van der Waals surface area contributed by atoms with E-state index in [1.54, 1.807) is 0 Å². The van der Waals surface area contributed by atoms with Crippen molar-refractivity contribution in [2.24, 2.45) is 0 Å². The number of rotatable bonds is 10. The minimum atomic E-state index is -3.83. The van der Waals surface area contributed by atoms with Crippen LogP contribution in [0, 0.1) is 6.92 Å². The van der Waals surface area contributed by atoms with Crippen LogP contribution in [-0.2, 0) is 10.0 Å². The zero-order valence-electron chi connectivity index (χ0n) is 17.2. The number of sulfonamides is 1. The molecule has 0 aliphatic heterocycles. The molecule has 162 valence electrons. The van der Waals surface area contributed by atoms with Crippen LogP contribution >= 0.6 is 0 Å². The van der Waals surface area contributed by atoms with Crippen molar-refractivity contribution < 1.29 is 18.3 Å². The maximum atomic E-state index is 12.7. The molecule has 0 radical (unpaired) electrons. The van der Waals surface area contributed by atoms with Crippen LogP contribution in [-0.4, -0.2) is 36.7 Å². The third kappa shape index (κ3) is 6.63. The summed E-state index contributed by atoms with van der Waals surface area (Å²) in [6, 6.07) is 16.7. The van der Waals surface area contributed by atoms with Gasteiger partial charge in [0.2, 0.25) is 5.88 Å². The van der Waals surface area contributed by atoms with E-state index in [4.69, 9.17) is 9.84 Å². The van der Waals surface area contributed by atoms with Crippen LogP contribution in [0.25, 0.3) is 17.2 Å². The molecule has 8 heteroatoms. The van der Waals surface area contributed by atoms with E-state index in [9.17, 15) is 8.42 Å². The van der Waals surface area contributed by atoms with Crippen LogP contribution in [0.15, 0.2) is 66.3 Å². The molecule has 0 saturated carbocycles. The second kappa shape index (κ2) is 10.7. The number of nitrogens with one attached hydrogen (secondary N) is 1. The molecule has 3 rings (SSSR count). The number of hydrogen-bond donors (Lipinski definition) is 2. The molecule has 31 heavy (non-hydrogen) atoms. The lowest BCUT2D eigenvalue weighted by molar-refractivity contribution is 0.249. The van der Waals surface area contributed by atoms with Crippen LogP contribution in [0.2, 0.25) is 0 Å². The molecule has 0 spiro atoms. The summed E-state index contributed by atoms with van der Waals surface area (Å²) in [5, 5.41) is 10.1. The first-order valence-electron chi connectivity index (χ1n) is 9.90. The molecule has 0 saturated heterocycles. The van der Waals surface area contributed by atoms with Gasteiger partial charge >= 0.3 is 0 Å². The highest BCUT2D eigenvalue weighted by atomic mass is 32.2. The summed E-state index contributed by atoms with van der Waals surface area (Å²) in [6.45, 7) is 2.39. The lowest BCUT2D eigenvalue weighted by Gasteiger charge is -2.15. The Labute approximate surface area is 182 Å². The SMILES string of the molecule is Cc1ccc(-c2c(NS(=O)(=O)/C=C/c3ccccc3)ncnc2OCCCCO)cc1. The van der Waals surface area contributed by atoms with E-state index in [0.717, 1.165) is 22.1 Å². The third-order valence-electron chi connectivity index (χ3n) is 4.42. The molecule has 0 aliphatic carbocycles. The van der Waals surface area contributed by atoms with E-state index in [2.05, 4.69) is 14.7 Å². The molecule has 0 amide bonds. The summed E-state index contributed by atoms with van der Waals surface area (Å²) in [5.74, 6) is 0.412. The number of aliphatic hydroxyl groups is 1. The minimum absolute atomic E-state index is 0.0801. The molecule has 0 bridgehead atoms. The highest BCUT2D eigenvalue weighted by Gasteiger charge is 2.18. The van der Waals surface area contributed by atoms with E-state index in [0.29, 0.717) is 25.0 Å². The van der Waals surface area contributed by atoms with Gasteiger partial charge in [0.05, 0.1) is 17.6 Å². The summed E-state index contributed by atoms with van der Waals surface area (Å²) in [5.41, 5.74) is 3.03. The summed E-state index contributed by atoms with van der Waals surface area (Å²) in [7, 11) is -3.83. The van der Waals surface area contributed by atoms with E-state index < -0.39 is 10.0 Å². The van der Waals surface area contributed by atoms with Gasteiger partial charge in [-0.1, -0.05) is 60.2 Å². The fraction of sp³-hybridized carbons (Fsp3) is 0.217. The zero-order valence-corrected chi connectivity index (χ0v) is 18.0. The number of nitrogens with zero attached hydrogens (tertiary/aromatic N) is 2. The smallest absolute Gasteiger partial charge is 0.256 e. The van der Waals surface area contributed by atoms with Gasteiger partial charge in [0.1, 0.15) is 6.33 Å². The average Bonchev–Trinajstić information content (AvgIpc) is 2.77. The minimum Gasteiger partial charge on any atom is -0.477 e. The summed E-state index contributed by atoms with van der Waals surface area (Å²) >= 11 is 0. The first-order chi connectivity index (χ1) is 15.0. The van der Waals surface area contributed by atoms with Gasteiger partial charge in [-0.2, -0.15) is 0 Å². The predicted octanol–water partition coefficient (Wildman–Crippen LogP) is 4.02. The fourth-order valence-electron chi connectivity index (χ4n) is 2.82. The van der Waals surface area contributed by atoms with Crippen molar-refractivity contribution in [3.05, 3.63) is 77.5 Å². The van der Waals surface area contributed by atoms with Gasteiger partial charge in [-0.3, -0.25) is 4.72 Å². The van der Waals surface area contributed by atoms with Crippen LogP contribution in [0.4, 0.5) is 5.82 Å². The molecule has 0 aliphatic rings. The molecule has 1 heterocycles. The number of anilines is 1. The monoisotopic (exact) mass is 439 g/mol. The molecule has 2 aromatic carbocycles. The Morgan fingerprint density at radius 2 is 1.77 bits per heavy atom. The molecule has 0 fully saturated rings. The topological polar surface area (TPSA) is 101 Å². The molecule has 0 atom stereocenters. The lowest BCUT2D eigenvalue weighted by Crippen LogP contribution is -2.13. The number of hydrogen-bond acceptors (Lipinski definition) is 6. The molecular weight excluding hydrogens is 414 g/mol. The fourth-order valence-corrected chi connectivity index (χ4v) is 3.65. The van der Waals surface area contributed by atoms with Gasteiger partial charge in [0.15, 0.2) is 5.82 Å². The van der Waals surface area contributed by atoms with Gasteiger partial charge in [0.25, 0.3) is 10.0 Å². The number of aryl methyl sites for hydroxylation is 1. The van der Waals surface area contributed by atoms with Crippen LogP contribution < -0.4 is 9.46 Å². The Balaban J connectivity index is 1.92. The Kier molecular flexibility index (Phi) is 7.75. The van der Waals surface area contributed by atoms with E-state index >= 15 is 0 Å². The second-order valence-corrected chi connectivity index (χ2v) is 8.47. The molecule has 3 aromatic rings. The Morgan fingerprint density at radius 1 is 1.03 bits per heavy atom. The Hall–Kier alpha value is -3.23. The standard InChI is InChI=1S/C23H25N3O4S/c1-18-9-11-20(12-10-18)21-22(24-17-25-23(21)30-15-6-5-14-27)26-31(28,29)16-13-19-7-3-2-4-8-19/h2-4,7-13,16-17,27H,5-6,14-15H2,1H3,(H,24,25,26)/b16-13+. The lowest BCUT2D eigenvalue weighted by atomic mass is 10.1. The van der Waals surface area contributed by atoms with Crippen molar-refractivity contribution in [1.29, 1.82) is 0 Å². The van der Waals surface area contributed by atoms with Gasteiger partial charge in [0, 0.05) is 6.61 Å². The highest BCUT2D eigenvalue weighted by Crippen LogP contribution is 2.34. The van der Waals surface area contributed by atoms with Gasteiger partial charge < -0.3 is 9.84 Å². The largest absolute Gasteiger partial charge is 0.477 e. The maximum Gasteiger partial charge on any atom is 0.256 e. The first-order valence-corrected chi connectivity index (χ1v) is 11.4. The Morgan fingerprint density at radius 3 is 2.48 bits per heavy atom. The van der Waals surface area contributed by atoms with Crippen molar-refractivity contribution in [2.75, 3.05) is 17.9 Å². The van der Waals surface area contributed by atoms with Crippen molar-refractivity contribution >= 4 is 21.9 Å². The average molecular weight is 440 g/mol. The summed E-state index contributed by atoms with van der Waals surface area (Å²) < 4.78 is 33.7. The van der Waals surface area contributed by atoms with E-state index in [1.807, 2.05) is 61.5 Å². The molecule has 1 aromatic heterocycles.